The van der Waals surface area contributed by atoms with E-state index in [2.05, 4.69) is 0 Å². The van der Waals surface area contributed by atoms with E-state index in [1.54, 1.807) is 0 Å². The average molecular weight is 122 g/mol. The number of hydrogen-bond donors (Lipinski definition) is 1. The summed E-state index contributed by atoms with van der Waals surface area (Å²) in [6, 6.07) is 0. The molecule has 0 radical (unpaired) electrons. The van der Waals surface area contributed by atoms with E-state index in [9.17, 15) is 9.59 Å². The number of ketones is 1. The molecule has 0 spiro atoms. The summed E-state index contributed by atoms with van der Waals surface area (Å²) in [5, 5.41) is 8.05. The molecule has 0 atom stereocenters. The molecular weight excluding hydrogens is 113 g/mol. The number of rotatable bonds is 2. The second-order valence-corrected chi connectivity index (χ2v) is 1.63. The van der Waals surface area contributed by atoms with Crippen LogP contribution in [0.15, 0.2) is 0 Å². The van der Waals surface area contributed by atoms with E-state index < -0.39 is 17.6 Å². The van der Waals surface area contributed by atoms with Gasteiger partial charge in [-0.3, -0.25) is 4.79 Å². The number of carbonyl (C=O) groups is 2. The van der Waals surface area contributed by atoms with Crippen molar-refractivity contribution in [1.29, 1.82) is 0 Å². The van der Waals surface area contributed by atoms with Gasteiger partial charge in [0.1, 0.15) is 0 Å². The Labute approximate surface area is 48.7 Å². The van der Waals surface area contributed by atoms with Crippen LogP contribution in [0, 0.1) is 5.89 Å². The van der Waals surface area contributed by atoms with Crippen molar-refractivity contribution in [3.8, 4) is 0 Å². The lowest BCUT2D eigenvalue weighted by molar-refractivity contribution is -0.150. The van der Waals surface area contributed by atoms with Crippen LogP contribution < -0.4 is 0 Å². The zero-order valence-electron chi connectivity index (χ0n) is 5.76. The third-order valence-corrected chi connectivity index (χ3v) is 0.648. The second kappa shape index (κ2) is 2.45. The van der Waals surface area contributed by atoms with Crippen molar-refractivity contribution in [1.82, 2.24) is 0 Å². The highest BCUT2D eigenvalue weighted by Crippen LogP contribution is 1.92. The molecular formula is C5H8O3. The SMILES string of the molecule is [2H][13C]([13CH3])([13CH3])[13C](=O)[13C](=O)O. The third kappa shape index (κ3) is 1.73. The predicted molar refractivity (Wildman–Crippen MR) is 27.5 cm³/mol. The van der Waals surface area contributed by atoms with Gasteiger partial charge < -0.3 is 5.11 Å². The smallest absolute Gasteiger partial charge is 0.372 e. The molecule has 0 aliphatic carbocycles. The molecule has 0 bridgehead atoms. The fourth-order valence-corrected chi connectivity index (χ4v) is 0.214. The van der Waals surface area contributed by atoms with Gasteiger partial charge in [0.15, 0.2) is 0 Å². The van der Waals surface area contributed by atoms with Crippen LogP contribution in [0.2, 0.25) is 0 Å². The topological polar surface area (TPSA) is 54.4 Å². The van der Waals surface area contributed by atoms with E-state index in [4.69, 9.17) is 6.48 Å². The lowest BCUT2D eigenvalue weighted by atomic mass is 11.1. The van der Waals surface area contributed by atoms with Gasteiger partial charge >= 0.3 is 5.97 Å². The second-order valence-electron chi connectivity index (χ2n) is 1.63. The maximum atomic E-state index is 10.4. The summed E-state index contributed by atoms with van der Waals surface area (Å²) < 4.78 is 6.94. The molecule has 46 valence electrons. The zero-order chi connectivity index (χ0) is 7.65. The van der Waals surface area contributed by atoms with Crippen molar-refractivity contribution in [3.63, 3.8) is 0 Å². The van der Waals surface area contributed by atoms with Gasteiger partial charge in [-0.1, -0.05) is 13.8 Å². The molecule has 3 nitrogen and oxygen atoms in total. The molecule has 8 heavy (non-hydrogen) atoms. The first-order valence-corrected chi connectivity index (χ1v) is 2.13. The number of Topliss-reactive ketones (excluding diaryl/α,β-unsaturated/α-hetero) is 1. The quantitative estimate of drug-likeness (QED) is 0.423. The monoisotopic (exact) mass is 122 g/mol. The van der Waals surface area contributed by atoms with Gasteiger partial charge in [0.2, 0.25) is 5.78 Å². The fraction of sp³-hybridized carbons (Fsp3) is 0.600. The molecule has 1 N–H and O–H groups in total. The van der Waals surface area contributed by atoms with E-state index in [0.29, 0.717) is 0 Å². The Morgan fingerprint density at radius 2 is 2.00 bits per heavy atom. The molecule has 0 fully saturated rings. The first-order chi connectivity index (χ1) is 3.85. The molecule has 0 rings (SSSR count). The van der Waals surface area contributed by atoms with Crippen molar-refractivity contribution < 1.29 is 16.1 Å². The van der Waals surface area contributed by atoms with Gasteiger partial charge in [0.05, 0.1) is 0 Å². The minimum Gasteiger partial charge on any atom is -0.475 e. The van der Waals surface area contributed by atoms with Crippen LogP contribution in [0.25, 0.3) is 0 Å². The van der Waals surface area contributed by atoms with Crippen LogP contribution in [-0.4, -0.2) is 16.9 Å². The molecule has 0 saturated heterocycles. The van der Waals surface area contributed by atoms with E-state index in [0.717, 1.165) is 0 Å². The highest BCUT2D eigenvalue weighted by molar-refractivity contribution is 6.33. The molecule has 0 aliphatic heterocycles. The van der Waals surface area contributed by atoms with Crippen molar-refractivity contribution in [2.75, 3.05) is 0 Å². The number of carbonyl (C=O) groups excluding carboxylic acids is 1. The van der Waals surface area contributed by atoms with E-state index in [1.807, 2.05) is 0 Å². The minimum atomic E-state index is -1.55. The predicted octanol–water partition coefficient (Wildman–Crippen LogP) is 0.296. The molecule has 3 heteroatoms. The number of aliphatic carboxylic acids is 1. The Morgan fingerprint density at radius 1 is 1.62 bits per heavy atom. The molecule has 0 amide bonds. The summed E-state index contributed by atoms with van der Waals surface area (Å²) in [7, 11) is 0. The zero-order valence-corrected chi connectivity index (χ0v) is 4.76. The van der Waals surface area contributed by atoms with Gasteiger partial charge in [-0.2, -0.15) is 0 Å². The molecule has 0 aromatic heterocycles. The van der Waals surface area contributed by atoms with Gasteiger partial charge in [0.25, 0.3) is 0 Å². The van der Waals surface area contributed by atoms with Gasteiger partial charge in [-0.15, -0.1) is 0 Å². The van der Waals surface area contributed by atoms with Gasteiger partial charge in [-0.05, 0) is 0 Å². The van der Waals surface area contributed by atoms with E-state index in [1.165, 1.54) is 13.8 Å². The maximum Gasteiger partial charge on any atom is 0.372 e. The lowest BCUT2D eigenvalue weighted by Crippen LogP contribution is -2.18. The largest absolute Gasteiger partial charge is 0.475 e. The summed E-state index contributed by atoms with van der Waals surface area (Å²) in [5.41, 5.74) is 0. The lowest BCUT2D eigenvalue weighted by Gasteiger charge is -1.93. The van der Waals surface area contributed by atoms with E-state index >= 15 is 0 Å². The normalized spacial score (nSPS) is 12.5. The molecule has 0 aromatic rings. The first-order valence-electron chi connectivity index (χ1n) is 2.63. The Kier molecular flexibility index (Phi) is 1.62. The number of hydrogen-bond acceptors (Lipinski definition) is 2. The summed E-state index contributed by atoms with van der Waals surface area (Å²) in [6.45, 7) is 2.48. The highest BCUT2D eigenvalue weighted by atomic mass is 16.5. The molecule has 0 saturated carbocycles. The Morgan fingerprint density at radius 3 is 2.00 bits per heavy atom. The summed E-state index contributed by atoms with van der Waals surface area (Å²) >= 11 is 0. The first kappa shape index (κ1) is 5.28. The van der Waals surface area contributed by atoms with Crippen molar-refractivity contribution in [2.45, 2.75) is 13.8 Å². The van der Waals surface area contributed by atoms with Gasteiger partial charge in [0, 0.05) is 7.26 Å². The third-order valence-electron chi connectivity index (χ3n) is 0.648. The molecule has 0 heterocycles. The Hall–Kier alpha value is -0.860. The fourth-order valence-electron chi connectivity index (χ4n) is 0.214. The molecule has 0 aromatic carbocycles. The van der Waals surface area contributed by atoms with Crippen molar-refractivity contribution >= 4 is 11.8 Å². The van der Waals surface area contributed by atoms with E-state index in [-0.39, 0.29) is 0 Å². The van der Waals surface area contributed by atoms with Crippen LogP contribution in [0.3, 0.4) is 0 Å². The van der Waals surface area contributed by atoms with Crippen LogP contribution >= 0.6 is 0 Å². The van der Waals surface area contributed by atoms with Crippen LogP contribution in [-0.2, 0) is 9.59 Å². The van der Waals surface area contributed by atoms with Crippen LogP contribution in [0.5, 0.6) is 0 Å². The Balaban J connectivity index is 4.23. The number of carboxylic acid groups (broad SMARTS) is 1. The summed E-state index contributed by atoms with van der Waals surface area (Å²) in [6.07, 6.45) is 0. The minimum absolute atomic E-state index is 1.08. The summed E-state index contributed by atoms with van der Waals surface area (Å²) in [5.74, 6) is -4.14. The molecule has 0 aliphatic rings. The standard InChI is InChI=1S/C5H8O3/c1-3(2)4(6)5(7)8/h3H,1-2H3,(H,7,8)/i1+1,2+1,3+1D,4+1,5+1. The highest BCUT2D eigenvalue weighted by Gasteiger charge is 2.14. The number of carboxylic acids is 1. The van der Waals surface area contributed by atoms with Crippen molar-refractivity contribution in [3.05, 3.63) is 0 Å². The maximum absolute atomic E-state index is 10.4. The Bertz CT molecular complexity index is 145. The van der Waals surface area contributed by atoms with Crippen LogP contribution in [0.4, 0.5) is 0 Å². The molecule has 0 unspecified atom stereocenters. The summed E-state index contributed by atoms with van der Waals surface area (Å²) in [4.78, 5) is 20.3. The van der Waals surface area contributed by atoms with Crippen molar-refractivity contribution in [2.24, 2.45) is 5.89 Å². The average Bonchev–Trinajstić information content (AvgIpc) is 1.62. The van der Waals surface area contributed by atoms with Crippen LogP contribution in [0.1, 0.15) is 15.2 Å². The van der Waals surface area contributed by atoms with Gasteiger partial charge in [-0.25, -0.2) is 4.79 Å².